The molecule has 0 amide bonds. The van der Waals surface area contributed by atoms with E-state index in [1.807, 2.05) is 16.0 Å². The van der Waals surface area contributed by atoms with Crippen molar-refractivity contribution in [3.63, 3.8) is 0 Å². The fraction of sp³-hybridized carbons (Fsp3) is 0.333. The molecule has 1 fully saturated rings. The number of piperidine rings is 1. The van der Waals surface area contributed by atoms with Gasteiger partial charge in [-0.05, 0) is 73.5 Å². The van der Waals surface area contributed by atoms with Crippen molar-refractivity contribution in [2.75, 3.05) is 19.6 Å². The number of benzene rings is 2. The fourth-order valence-electron chi connectivity index (χ4n) is 4.85. The minimum Gasteiger partial charge on any atom is -0.302 e. The Hall–Kier alpha value is -2.76. The standard InChI is InChI=1S/C27H29N3OS/c1-19-7-6-8-20(2)24(19)21-9-11-22(12-10-21)26-28-23-13-18-32-25(23)27(31)30(26)17-16-29-14-4-3-5-15-29/h6-13,18H,3-5,14-17H2,1-2H3. The highest BCUT2D eigenvalue weighted by Gasteiger charge is 2.16. The van der Waals surface area contributed by atoms with Crippen LogP contribution in [0.3, 0.4) is 0 Å². The first-order chi connectivity index (χ1) is 15.6. The van der Waals surface area contributed by atoms with E-state index in [0.717, 1.165) is 41.2 Å². The summed E-state index contributed by atoms with van der Waals surface area (Å²) in [6.07, 6.45) is 3.82. The summed E-state index contributed by atoms with van der Waals surface area (Å²) in [5.41, 5.74) is 6.89. The number of thiophene rings is 1. The molecule has 1 aliphatic rings. The van der Waals surface area contributed by atoms with Crippen molar-refractivity contribution in [2.45, 2.75) is 39.7 Å². The minimum atomic E-state index is 0.0795. The van der Waals surface area contributed by atoms with Crippen LogP contribution in [0.5, 0.6) is 0 Å². The van der Waals surface area contributed by atoms with Gasteiger partial charge in [0.05, 0.1) is 5.52 Å². The average molecular weight is 444 g/mol. The summed E-state index contributed by atoms with van der Waals surface area (Å²) in [5, 5.41) is 1.96. The third kappa shape index (κ3) is 4.03. The summed E-state index contributed by atoms with van der Waals surface area (Å²) < 4.78 is 2.64. The van der Waals surface area contributed by atoms with Gasteiger partial charge in [-0.15, -0.1) is 11.3 Å². The quantitative estimate of drug-likeness (QED) is 0.386. The number of nitrogens with zero attached hydrogens (tertiary/aromatic N) is 3. The van der Waals surface area contributed by atoms with Crippen molar-refractivity contribution < 1.29 is 0 Å². The minimum absolute atomic E-state index is 0.0795. The van der Waals surface area contributed by atoms with Crippen molar-refractivity contribution in [3.05, 3.63) is 75.4 Å². The van der Waals surface area contributed by atoms with Gasteiger partial charge < -0.3 is 4.90 Å². The first-order valence-corrected chi connectivity index (χ1v) is 12.4. The molecular formula is C27H29N3OS. The van der Waals surface area contributed by atoms with Crippen molar-refractivity contribution in [1.29, 1.82) is 0 Å². The number of hydrogen-bond donors (Lipinski definition) is 0. The van der Waals surface area contributed by atoms with Crippen molar-refractivity contribution >= 4 is 21.6 Å². The van der Waals surface area contributed by atoms with E-state index in [1.165, 1.54) is 52.9 Å². The highest BCUT2D eigenvalue weighted by molar-refractivity contribution is 7.17. The number of fused-ring (bicyclic) bond motifs is 1. The lowest BCUT2D eigenvalue weighted by Crippen LogP contribution is -2.35. The monoisotopic (exact) mass is 443 g/mol. The van der Waals surface area contributed by atoms with E-state index in [0.29, 0.717) is 6.54 Å². The summed E-state index contributed by atoms with van der Waals surface area (Å²) in [5.74, 6) is 0.769. The molecule has 0 radical (unpaired) electrons. The van der Waals surface area contributed by atoms with Crippen LogP contribution in [-0.2, 0) is 6.54 Å². The molecule has 3 heterocycles. The molecule has 1 aliphatic heterocycles. The fourth-order valence-corrected chi connectivity index (χ4v) is 5.63. The van der Waals surface area contributed by atoms with Gasteiger partial charge >= 0.3 is 0 Å². The number of aryl methyl sites for hydroxylation is 2. The zero-order valence-electron chi connectivity index (χ0n) is 18.8. The molecule has 0 bridgehead atoms. The predicted molar refractivity (Wildman–Crippen MR) is 135 cm³/mol. The van der Waals surface area contributed by atoms with Crippen molar-refractivity contribution in [3.8, 4) is 22.5 Å². The van der Waals surface area contributed by atoms with E-state index >= 15 is 0 Å². The van der Waals surface area contributed by atoms with Gasteiger partial charge in [0, 0.05) is 18.7 Å². The SMILES string of the molecule is Cc1cccc(C)c1-c1ccc(-c2nc3ccsc3c(=O)n2CCN2CCCCC2)cc1. The molecule has 2 aromatic carbocycles. The lowest BCUT2D eigenvalue weighted by Gasteiger charge is -2.27. The van der Waals surface area contributed by atoms with Crippen LogP contribution in [0.15, 0.2) is 58.7 Å². The Bertz CT molecular complexity index is 1280. The van der Waals surface area contributed by atoms with E-state index in [4.69, 9.17) is 4.98 Å². The molecule has 2 aromatic heterocycles. The second-order valence-electron chi connectivity index (χ2n) is 8.77. The van der Waals surface area contributed by atoms with Crippen LogP contribution >= 0.6 is 11.3 Å². The Morgan fingerprint density at radius 2 is 1.56 bits per heavy atom. The van der Waals surface area contributed by atoms with E-state index < -0.39 is 0 Å². The van der Waals surface area contributed by atoms with E-state index in [-0.39, 0.29) is 5.56 Å². The highest BCUT2D eigenvalue weighted by Crippen LogP contribution is 2.29. The summed E-state index contributed by atoms with van der Waals surface area (Å²) in [6.45, 7) is 8.13. The number of hydrogen-bond acceptors (Lipinski definition) is 4. The molecule has 0 unspecified atom stereocenters. The smallest absolute Gasteiger partial charge is 0.271 e. The maximum absolute atomic E-state index is 13.3. The van der Waals surface area contributed by atoms with E-state index in [1.54, 1.807) is 0 Å². The van der Waals surface area contributed by atoms with Gasteiger partial charge in [-0.2, -0.15) is 0 Å². The summed E-state index contributed by atoms with van der Waals surface area (Å²) in [6, 6.07) is 16.9. The Labute approximate surface area is 193 Å². The number of likely N-dealkylation sites (tertiary alicyclic amines) is 1. The predicted octanol–water partition coefficient (Wildman–Crippen LogP) is 5.89. The molecule has 0 aliphatic carbocycles. The van der Waals surface area contributed by atoms with Gasteiger partial charge in [-0.3, -0.25) is 9.36 Å². The van der Waals surface area contributed by atoms with Gasteiger partial charge in [0.15, 0.2) is 0 Å². The largest absolute Gasteiger partial charge is 0.302 e. The molecule has 0 saturated carbocycles. The van der Waals surface area contributed by atoms with Crippen LogP contribution in [-0.4, -0.2) is 34.1 Å². The lowest BCUT2D eigenvalue weighted by atomic mass is 9.95. The van der Waals surface area contributed by atoms with Crippen molar-refractivity contribution in [2.24, 2.45) is 0 Å². The maximum atomic E-state index is 13.3. The van der Waals surface area contributed by atoms with Crippen LogP contribution < -0.4 is 5.56 Å². The zero-order chi connectivity index (χ0) is 22.1. The first kappa shape index (κ1) is 21.1. The van der Waals surface area contributed by atoms with Crippen LogP contribution in [0.4, 0.5) is 0 Å². The van der Waals surface area contributed by atoms with Crippen LogP contribution in [0.1, 0.15) is 30.4 Å². The molecule has 0 spiro atoms. The van der Waals surface area contributed by atoms with Crippen molar-refractivity contribution in [1.82, 2.24) is 14.5 Å². The Balaban J connectivity index is 1.53. The molecule has 1 saturated heterocycles. The summed E-state index contributed by atoms with van der Waals surface area (Å²) >= 11 is 1.49. The molecule has 32 heavy (non-hydrogen) atoms. The molecule has 0 N–H and O–H groups in total. The van der Waals surface area contributed by atoms with E-state index in [2.05, 4.69) is 61.2 Å². The number of aromatic nitrogens is 2. The normalized spacial score (nSPS) is 14.8. The summed E-state index contributed by atoms with van der Waals surface area (Å²) in [7, 11) is 0. The van der Waals surface area contributed by atoms with Gasteiger partial charge in [0.1, 0.15) is 10.5 Å². The Morgan fingerprint density at radius 3 is 2.28 bits per heavy atom. The maximum Gasteiger partial charge on any atom is 0.271 e. The first-order valence-electron chi connectivity index (χ1n) is 11.5. The Morgan fingerprint density at radius 1 is 0.875 bits per heavy atom. The zero-order valence-corrected chi connectivity index (χ0v) is 19.6. The Kier molecular flexibility index (Phi) is 5.94. The average Bonchev–Trinajstić information content (AvgIpc) is 3.29. The molecule has 5 rings (SSSR count). The van der Waals surface area contributed by atoms with Gasteiger partial charge in [-0.25, -0.2) is 4.98 Å². The van der Waals surface area contributed by atoms with E-state index in [9.17, 15) is 4.79 Å². The topological polar surface area (TPSA) is 38.1 Å². The molecule has 4 aromatic rings. The third-order valence-electron chi connectivity index (χ3n) is 6.57. The molecule has 5 heteroatoms. The van der Waals surface area contributed by atoms with Crippen LogP contribution in [0.25, 0.3) is 32.7 Å². The number of rotatable bonds is 5. The van der Waals surface area contributed by atoms with Crippen LogP contribution in [0.2, 0.25) is 0 Å². The van der Waals surface area contributed by atoms with Gasteiger partial charge in [-0.1, -0.05) is 48.9 Å². The van der Waals surface area contributed by atoms with Gasteiger partial charge in [0.25, 0.3) is 5.56 Å². The lowest BCUT2D eigenvalue weighted by molar-refractivity contribution is 0.220. The molecular weight excluding hydrogens is 414 g/mol. The molecule has 164 valence electrons. The molecule has 4 nitrogen and oxygen atoms in total. The second-order valence-corrected chi connectivity index (χ2v) is 9.69. The second kappa shape index (κ2) is 9.00. The van der Waals surface area contributed by atoms with Gasteiger partial charge in [0.2, 0.25) is 0 Å². The third-order valence-corrected chi connectivity index (χ3v) is 7.46. The summed E-state index contributed by atoms with van der Waals surface area (Å²) in [4.78, 5) is 20.7. The molecule has 0 atom stereocenters. The highest BCUT2D eigenvalue weighted by atomic mass is 32.1. The van der Waals surface area contributed by atoms with Crippen LogP contribution in [0, 0.1) is 13.8 Å².